The van der Waals surface area contributed by atoms with Gasteiger partial charge in [-0.2, -0.15) is 0 Å². The standard InChI is InChI=1S/C16H21N5O2S/c1-3-11-8-12-15(18-10-19-16(12)24-11)21-6-4-20(5-7-21)14(23)9-13(22)17-2/h8,10H,3-7,9H2,1-2H3,(H,17,22). The first-order chi connectivity index (χ1) is 11.6. The normalized spacial score (nSPS) is 14.9. The zero-order chi connectivity index (χ0) is 17.1. The van der Waals surface area contributed by atoms with Crippen LogP contribution in [0.4, 0.5) is 5.82 Å². The number of carbonyl (C=O) groups excluding carboxylic acids is 2. The number of hydrogen-bond acceptors (Lipinski definition) is 6. The lowest BCUT2D eigenvalue weighted by Gasteiger charge is -2.35. The minimum atomic E-state index is -0.245. The number of aryl methyl sites for hydroxylation is 1. The van der Waals surface area contributed by atoms with Gasteiger partial charge in [0.2, 0.25) is 11.8 Å². The van der Waals surface area contributed by atoms with Gasteiger partial charge in [0.25, 0.3) is 0 Å². The van der Waals surface area contributed by atoms with Crippen LogP contribution in [0.2, 0.25) is 0 Å². The van der Waals surface area contributed by atoms with Crippen molar-refractivity contribution in [2.75, 3.05) is 38.1 Å². The van der Waals surface area contributed by atoms with E-state index in [4.69, 9.17) is 0 Å². The van der Waals surface area contributed by atoms with E-state index in [1.54, 1.807) is 29.6 Å². The minimum Gasteiger partial charge on any atom is -0.359 e. The highest BCUT2D eigenvalue weighted by molar-refractivity contribution is 7.18. The first kappa shape index (κ1) is 16.6. The number of hydrogen-bond donors (Lipinski definition) is 1. The lowest BCUT2D eigenvalue weighted by molar-refractivity contribution is -0.136. The molecule has 128 valence electrons. The molecule has 0 bridgehead atoms. The fourth-order valence-corrected chi connectivity index (χ4v) is 3.75. The molecule has 1 aliphatic rings. The maximum absolute atomic E-state index is 12.1. The Hall–Kier alpha value is -2.22. The number of nitrogens with one attached hydrogen (secondary N) is 1. The van der Waals surface area contributed by atoms with E-state index >= 15 is 0 Å². The Morgan fingerprint density at radius 3 is 2.67 bits per heavy atom. The molecular formula is C16H21N5O2S. The third-order valence-electron chi connectivity index (χ3n) is 4.23. The molecule has 0 spiro atoms. The van der Waals surface area contributed by atoms with Crippen molar-refractivity contribution in [1.29, 1.82) is 0 Å². The second-order valence-electron chi connectivity index (χ2n) is 5.70. The van der Waals surface area contributed by atoms with Crippen molar-refractivity contribution in [3.05, 3.63) is 17.3 Å². The van der Waals surface area contributed by atoms with Gasteiger partial charge in [0.15, 0.2) is 0 Å². The molecule has 3 rings (SSSR count). The Morgan fingerprint density at radius 2 is 2.00 bits per heavy atom. The Bertz CT molecular complexity index is 752. The van der Waals surface area contributed by atoms with Crippen molar-refractivity contribution in [1.82, 2.24) is 20.2 Å². The summed E-state index contributed by atoms with van der Waals surface area (Å²) in [7, 11) is 1.54. The zero-order valence-electron chi connectivity index (χ0n) is 13.9. The molecule has 24 heavy (non-hydrogen) atoms. The summed E-state index contributed by atoms with van der Waals surface area (Å²) in [6, 6.07) is 2.17. The van der Waals surface area contributed by atoms with Gasteiger partial charge in [-0.25, -0.2) is 9.97 Å². The average molecular weight is 347 g/mol. The third kappa shape index (κ3) is 3.33. The summed E-state index contributed by atoms with van der Waals surface area (Å²) >= 11 is 1.70. The van der Waals surface area contributed by atoms with Crippen molar-refractivity contribution in [2.45, 2.75) is 19.8 Å². The van der Waals surface area contributed by atoms with Crippen LogP contribution in [-0.4, -0.2) is 59.9 Å². The van der Waals surface area contributed by atoms with Crippen molar-refractivity contribution >= 4 is 39.2 Å². The van der Waals surface area contributed by atoms with E-state index in [0.29, 0.717) is 26.2 Å². The molecule has 2 aromatic rings. The number of nitrogens with zero attached hydrogens (tertiary/aromatic N) is 4. The number of rotatable bonds is 4. The average Bonchev–Trinajstić information content (AvgIpc) is 3.05. The highest BCUT2D eigenvalue weighted by Crippen LogP contribution is 2.30. The van der Waals surface area contributed by atoms with Crippen LogP contribution in [0.25, 0.3) is 10.2 Å². The van der Waals surface area contributed by atoms with Crippen LogP contribution in [-0.2, 0) is 16.0 Å². The van der Waals surface area contributed by atoms with Gasteiger partial charge in [0.05, 0.1) is 5.39 Å². The summed E-state index contributed by atoms with van der Waals surface area (Å²) < 4.78 is 0. The fraction of sp³-hybridized carbons (Fsp3) is 0.500. The maximum Gasteiger partial charge on any atom is 0.232 e. The van der Waals surface area contributed by atoms with Crippen molar-refractivity contribution < 1.29 is 9.59 Å². The monoisotopic (exact) mass is 347 g/mol. The molecule has 1 N–H and O–H groups in total. The Balaban J connectivity index is 1.70. The predicted molar refractivity (Wildman–Crippen MR) is 94.3 cm³/mol. The molecule has 0 aromatic carbocycles. The van der Waals surface area contributed by atoms with Gasteiger partial charge in [-0.1, -0.05) is 6.92 Å². The molecule has 0 unspecified atom stereocenters. The van der Waals surface area contributed by atoms with Gasteiger partial charge < -0.3 is 15.1 Å². The molecule has 1 fully saturated rings. The molecule has 7 nitrogen and oxygen atoms in total. The zero-order valence-corrected chi connectivity index (χ0v) is 14.7. The number of fused-ring (bicyclic) bond motifs is 1. The predicted octanol–water partition coefficient (Wildman–Crippen LogP) is 1.04. The minimum absolute atomic E-state index is 0.0847. The highest BCUT2D eigenvalue weighted by Gasteiger charge is 2.24. The molecule has 8 heteroatoms. The van der Waals surface area contributed by atoms with E-state index in [-0.39, 0.29) is 18.2 Å². The van der Waals surface area contributed by atoms with Gasteiger partial charge >= 0.3 is 0 Å². The van der Waals surface area contributed by atoms with Crippen LogP contribution in [0.5, 0.6) is 0 Å². The van der Waals surface area contributed by atoms with Crippen LogP contribution >= 0.6 is 11.3 Å². The van der Waals surface area contributed by atoms with Gasteiger partial charge in [-0.3, -0.25) is 9.59 Å². The molecule has 1 aliphatic heterocycles. The van der Waals surface area contributed by atoms with Gasteiger partial charge in [-0.15, -0.1) is 11.3 Å². The summed E-state index contributed by atoms with van der Waals surface area (Å²) in [6.07, 6.45) is 2.51. The number of carbonyl (C=O) groups is 2. The fourth-order valence-electron chi connectivity index (χ4n) is 2.82. The maximum atomic E-state index is 12.1. The molecule has 2 amide bonds. The van der Waals surface area contributed by atoms with E-state index in [0.717, 1.165) is 22.5 Å². The quantitative estimate of drug-likeness (QED) is 0.836. The number of anilines is 1. The molecule has 1 saturated heterocycles. The summed E-state index contributed by atoms with van der Waals surface area (Å²) in [5, 5.41) is 3.57. The van der Waals surface area contributed by atoms with Gasteiger partial charge in [0, 0.05) is 38.1 Å². The number of piperazine rings is 1. The number of aromatic nitrogens is 2. The Labute approximate surface area is 144 Å². The van der Waals surface area contributed by atoms with Gasteiger partial charge in [-0.05, 0) is 12.5 Å². The SMILES string of the molecule is CCc1cc2c(N3CCN(C(=O)CC(=O)NC)CC3)ncnc2s1. The molecule has 0 aliphatic carbocycles. The van der Waals surface area contributed by atoms with Gasteiger partial charge in [0.1, 0.15) is 23.4 Å². The first-order valence-corrected chi connectivity index (χ1v) is 8.90. The van der Waals surface area contributed by atoms with Crippen molar-refractivity contribution in [3.8, 4) is 0 Å². The van der Waals surface area contributed by atoms with E-state index in [2.05, 4.69) is 33.2 Å². The first-order valence-electron chi connectivity index (χ1n) is 8.09. The van der Waals surface area contributed by atoms with Crippen LogP contribution in [0.1, 0.15) is 18.2 Å². The van der Waals surface area contributed by atoms with Crippen LogP contribution in [0.15, 0.2) is 12.4 Å². The third-order valence-corrected chi connectivity index (χ3v) is 5.42. The topological polar surface area (TPSA) is 78.4 Å². The molecule has 0 atom stereocenters. The smallest absolute Gasteiger partial charge is 0.232 e. The van der Waals surface area contributed by atoms with Crippen molar-refractivity contribution in [2.24, 2.45) is 0 Å². The largest absolute Gasteiger partial charge is 0.359 e. The second-order valence-corrected chi connectivity index (χ2v) is 6.82. The van der Waals surface area contributed by atoms with E-state index in [1.807, 2.05) is 0 Å². The number of thiophene rings is 1. The Morgan fingerprint density at radius 1 is 1.25 bits per heavy atom. The summed E-state index contributed by atoms with van der Waals surface area (Å²) in [6.45, 7) is 4.76. The lowest BCUT2D eigenvalue weighted by atomic mass is 10.2. The van der Waals surface area contributed by atoms with Crippen LogP contribution < -0.4 is 10.2 Å². The van der Waals surface area contributed by atoms with Crippen molar-refractivity contribution in [3.63, 3.8) is 0 Å². The second kappa shape index (κ2) is 7.12. The molecule has 0 radical (unpaired) electrons. The summed E-state index contributed by atoms with van der Waals surface area (Å²) in [5.74, 6) is 0.574. The summed E-state index contributed by atoms with van der Waals surface area (Å²) in [5.41, 5.74) is 0. The highest BCUT2D eigenvalue weighted by atomic mass is 32.1. The molecular weight excluding hydrogens is 326 g/mol. The molecule has 3 heterocycles. The van der Waals surface area contributed by atoms with E-state index < -0.39 is 0 Å². The molecule has 0 saturated carbocycles. The Kier molecular flexibility index (Phi) is 4.94. The summed E-state index contributed by atoms with van der Waals surface area (Å²) in [4.78, 5) is 38.5. The molecule has 2 aromatic heterocycles. The van der Waals surface area contributed by atoms with Crippen LogP contribution in [0, 0.1) is 0 Å². The lowest BCUT2D eigenvalue weighted by Crippen LogP contribution is -2.49. The van der Waals surface area contributed by atoms with Crippen LogP contribution in [0.3, 0.4) is 0 Å². The van der Waals surface area contributed by atoms with E-state index in [1.165, 1.54) is 4.88 Å². The van der Waals surface area contributed by atoms with E-state index in [9.17, 15) is 9.59 Å². The number of amides is 2.